The van der Waals surface area contributed by atoms with Crippen LogP contribution in [-0.2, 0) is 0 Å². The molecule has 1 atom stereocenters. The van der Waals surface area contributed by atoms with E-state index in [1.165, 1.54) is 135 Å². The van der Waals surface area contributed by atoms with E-state index in [1.54, 1.807) is 0 Å². The molecule has 1 unspecified atom stereocenters. The molecule has 0 aromatic rings. The molecule has 1 rings (SSSR count). The van der Waals surface area contributed by atoms with E-state index in [1.807, 2.05) is 0 Å². The van der Waals surface area contributed by atoms with E-state index >= 15 is 0 Å². The summed E-state index contributed by atoms with van der Waals surface area (Å²) in [4.78, 5) is 5.23. The zero-order valence-electron chi connectivity index (χ0n) is 20.5. The lowest BCUT2D eigenvalue weighted by Gasteiger charge is -2.33. The molecular formula is C27H54N2. The largest absolute Gasteiger partial charge is 0.356 e. The maximum atomic E-state index is 2.63. The molecule has 0 amide bonds. The van der Waals surface area contributed by atoms with Crippen LogP contribution in [0.15, 0.2) is 12.4 Å². The summed E-state index contributed by atoms with van der Waals surface area (Å²) in [7, 11) is 0. The molecule has 0 fully saturated rings. The Morgan fingerprint density at radius 3 is 1.34 bits per heavy atom. The van der Waals surface area contributed by atoms with Crippen molar-refractivity contribution >= 4 is 0 Å². The minimum Gasteiger partial charge on any atom is -0.356 e. The Morgan fingerprint density at radius 2 is 0.862 bits per heavy atom. The van der Waals surface area contributed by atoms with E-state index in [9.17, 15) is 0 Å². The molecule has 0 saturated carbocycles. The summed E-state index contributed by atoms with van der Waals surface area (Å²) in [6, 6.07) is 0. The fourth-order valence-corrected chi connectivity index (χ4v) is 4.66. The Labute approximate surface area is 184 Å². The molecule has 1 aliphatic rings. The van der Waals surface area contributed by atoms with Crippen molar-refractivity contribution in [1.82, 2.24) is 9.80 Å². The summed E-state index contributed by atoms with van der Waals surface area (Å²) < 4.78 is 0. The van der Waals surface area contributed by atoms with Crippen LogP contribution in [0.3, 0.4) is 0 Å². The first-order chi connectivity index (χ1) is 14.3. The van der Waals surface area contributed by atoms with Gasteiger partial charge in [0.15, 0.2) is 0 Å². The van der Waals surface area contributed by atoms with Gasteiger partial charge >= 0.3 is 0 Å². The lowest BCUT2D eigenvalue weighted by atomic mass is 10.0. The minimum absolute atomic E-state index is 0.643. The summed E-state index contributed by atoms with van der Waals surface area (Å²) >= 11 is 0. The van der Waals surface area contributed by atoms with E-state index < -0.39 is 0 Å². The predicted molar refractivity (Wildman–Crippen MR) is 131 cm³/mol. The molecule has 2 nitrogen and oxygen atoms in total. The lowest BCUT2D eigenvalue weighted by Crippen LogP contribution is -2.39. The van der Waals surface area contributed by atoms with Gasteiger partial charge in [-0.05, 0) is 25.7 Å². The average molecular weight is 407 g/mol. The third-order valence-electron chi connectivity index (χ3n) is 6.53. The highest BCUT2D eigenvalue weighted by atomic mass is 15.4. The Bertz CT molecular complexity index is 366. The van der Waals surface area contributed by atoms with Crippen LogP contribution in [0.1, 0.15) is 143 Å². The van der Waals surface area contributed by atoms with Crippen LogP contribution in [0.2, 0.25) is 0 Å². The van der Waals surface area contributed by atoms with Crippen LogP contribution >= 0.6 is 0 Å². The molecule has 2 heteroatoms. The van der Waals surface area contributed by atoms with Crippen molar-refractivity contribution < 1.29 is 0 Å². The second-order valence-corrected chi connectivity index (χ2v) is 9.35. The molecule has 172 valence electrons. The molecule has 1 heterocycles. The highest BCUT2D eigenvalue weighted by Crippen LogP contribution is 2.23. The van der Waals surface area contributed by atoms with Crippen molar-refractivity contribution in [3.63, 3.8) is 0 Å². The quantitative estimate of drug-likeness (QED) is 0.176. The molecule has 0 aromatic carbocycles. The predicted octanol–water partition coefficient (Wildman–Crippen LogP) is 8.87. The highest BCUT2D eigenvalue weighted by molar-refractivity contribution is 4.96. The van der Waals surface area contributed by atoms with Gasteiger partial charge in [0.2, 0.25) is 0 Å². The van der Waals surface area contributed by atoms with Crippen molar-refractivity contribution in [3.8, 4) is 0 Å². The second-order valence-electron chi connectivity index (χ2n) is 9.35. The average Bonchev–Trinajstić information content (AvgIpc) is 3.10. The molecular weight excluding hydrogens is 352 g/mol. The number of hydrogen-bond donors (Lipinski definition) is 0. The SMILES string of the molecule is CCCCCCCCCCCCCCCC1N(CCC)C=CN1CCCCCC. The first-order valence-electron chi connectivity index (χ1n) is 13.5. The van der Waals surface area contributed by atoms with Crippen molar-refractivity contribution in [3.05, 3.63) is 12.4 Å². The number of unbranched alkanes of at least 4 members (excludes halogenated alkanes) is 15. The highest BCUT2D eigenvalue weighted by Gasteiger charge is 2.24. The first kappa shape index (κ1) is 26.4. The van der Waals surface area contributed by atoms with E-state index in [-0.39, 0.29) is 0 Å². The van der Waals surface area contributed by atoms with Gasteiger partial charge in [-0.25, -0.2) is 0 Å². The summed E-state index contributed by atoms with van der Waals surface area (Å²) in [5.74, 6) is 0. The van der Waals surface area contributed by atoms with Gasteiger partial charge in [-0.3, -0.25) is 0 Å². The maximum absolute atomic E-state index is 2.63. The van der Waals surface area contributed by atoms with Crippen molar-refractivity contribution in [2.75, 3.05) is 13.1 Å². The summed E-state index contributed by atoms with van der Waals surface area (Å²) in [6.45, 7) is 9.37. The van der Waals surface area contributed by atoms with Gasteiger partial charge in [0.25, 0.3) is 0 Å². The second kappa shape index (κ2) is 19.3. The molecule has 0 radical (unpaired) electrons. The summed E-state index contributed by atoms with van der Waals surface area (Å²) in [6.07, 6.45) is 32.2. The molecule has 0 N–H and O–H groups in total. The normalized spacial score (nSPS) is 16.3. The monoisotopic (exact) mass is 406 g/mol. The zero-order chi connectivity index (χ0) is 21.0. The molecule has 29 heavy (non-hydrogen) atoms. The fraction of sp³-hybridized carbons (Fsp3) is 0.926. The van der Waals surface area contributed by atoms with Crippen LogP contribution in [0.5, 0.6) is 0 Å². The Hall–Kier alpha value is -0.660. The van der Waals surface area contributed by atoms with Gasteiger partial charge in [0.1, 0.15) is 6.17 Å². The zero-order valence-corrected chi connectivity index (χ0v) is 20.5. The Kier molecular flexibility index (Phi) is 17.6. The van der Waals surface area contributed by atoms with Gasteiger partial charge < -0.3 is 9.80 Å². The topological polar surface area (TPSA) is 6.48 Å². The summed E-state index contributed by atoms with van der Waals surface area (Å²) in [5.41, 5.74) is 0. The minimum atomic E-state index is 0.643. The van der Waals surface area contributed by atoms with Crippen LogP contribution in [0.25, 0.3) is 0 Å². The third kappa shape index (κ3) is 13.3. The lowest BCUT2D eigenvalue weighted by molar-refractivity contribution is 0.137. The molecule has 0 bridgehead atoms. The van der Waals surface area contributed by atoms with Crippen LogP contribution in [0, 0.1) is 0 Å². The molecule has 0 aromatic heterocycles. The van der Waals surface area contributed by atoms with Crippen molar-refractivity contribution in [2.45, 2.75) is 149 Å². The third-order valence-corrected chi connectivity index (χ3v) is 6.53. The van der Waals surface area contributed by atoms with Gasteiger partial charge in [-0.2, -0.15) is 0 Å². The molecule has 0 saturated heterocycles. The maximum Gasteiger partial charge on any atom is 0.101 e. The van der Waals surface area contributed by atoms with Gasteiger partial charge in [0, 0.05) is 25.5 Å². The molecule has 1 aliphatic heterocycles. The van der Waals surface area contributed by atoms with E-state index in [0.717, 1.165) is 0 Å². The molecule has 0 spiro atoms. The summed E-state index contributed by atoms with van der Waals surface area (Å²) in [5, 5.41) is 0. The van der Waals surface area contributed by atoms with Crippen LogP contribution in [-0.4, -0.2) is 29.1 Å². The van der Waals surface area contributed by atoms with Crippen LogP contribution in [0.4, 0.5) is 0 Å². The van der Waals surface area contributed by atoms with Crippen LogP contribution < -0.4 is 0 Å². The first-order valence-corrected chi connectivity index (χ1v) is 13.5. The van der Waals surface area contributed by atoms with Gasteiger partial charge in [0.05, 0.1) is 0 Å². The van der Waals surface area contributed by atoms with Gasteiger partial charge in [-0.1, -0.05) is 117 Å². The van der Waals surface area contributed by atoms with Crippen molar-refractivity contribution in [1.29, 1.82) is 0 Å². The Morgan fingerprint density at radius 1 is 0.448 bits per heavy atom. The number of hydrogen-bond acceptors (Lipinski definition) is 2. The van der Waals surface area contributed by atoms with E-state index in [2.05, 4.69) is 43.0 Å². The standard InChI is InChI=1S/C27H54N2/c1-4-7-9-11-12-13-14-15-16-17-18-19-20-22-27-28(23-6-3)25-26-29(27)24-21-10-8-5-2/h25-27H,4-24H2,1-3H3. The van der Waals surface area contributed by atoms with E-state index in [4.69, 9.17) is 0 Å². The van der Waals surface area contributed by atoms with Gasteiger partial charge in [-0.15, -0.1) is 0 Å². The smallest absolute Gasteiger partial charge is 0.101 e. The number of rotatable bonds is 21. The number of nitrogens with zero attached hydrogens (tertiary/aromatic N) is 2. The Balaban J connectivity index is 2.03. The van der Waals surface area contributed by atoms with Crippen molar-refractivity contribution in [2.24, 2.45) is 0 Å². The fourth-order valence-electron chi connectivity index (χ4n) is 4.66. The van der Waals surface area contributed by atoms with E-state index in [0.29, 0.717) is 6.17 Å². The molecule has 0 aliphatic carbocycles.